The summed E-state index contributed by atoms with van der Waals surface area (Å²) in [6, 6.07) is 1.80. The van der Waals surface area contributed by atoms with Crippen molar-refractivity contribution in [2.45, 2.75) is 38.3 Å². The zero-order valence-corrected chi connectivity index (χ0v) is 14.7. The molecule has 8 nitrogen and oxygen atoms in total. The first-order chi connectivity index (χ1) is 11.6. The maximum absolute atomic E-state index is 11.8. The lowest BCUT2D eigenvalue weighted by Gasteiger charge is -2.11. The van der Waals surface area contributed by atoms with Gasteiger partial charge in [0.25, 0.3) is 0 Å². The molecule has 0 bridgehead atoms. The number of methoxy groups -OCH3 is 1. The van der Waals surface area contributed by atoms with Crippen LogP contribution in [0.1, 0.15) is 30.5 Å². The minimum absolute atomic E-state index is 0.0986. The summed E-state index contributed by atoms with van der Waals surface area (Å²) in [5.74, 6) is 1.97. The maximum atomic E-state index is 11.8. The van der Waals surface area contributed by atoms with Crippen LogP contribution in [0.5, 0.6) is 0 Å². The third-order valence-corrected chi connectivity index (χ3v) is 5.93. The van der Waals surface area contributed by atoms with Gasteiger partial charge in [0.2, 0.25) is 0 Å². The SMILES string of the molecule is COCCc1nc(CCCn2cccn2)n(C2CCS(=O)(=O)C2)n1. The first-order valence-electron chi connectivity index (χ1n) is 8.18. The van der Waals surface area contributed by atoms with Crippen molar-refractivity contribution >= 4 is 9.84 Å². The standard InChI is InChI=1S/C15H23N5O3S/c1-23-10-5-14-17-15(4-2-8-19-9-3-7-16-19)20(18-14)13-6-11-24(21,22)12-13/h3,7,9,13H,2,4-6,8,10-12H2,1H3. The number of aromatic nitrogens is 5. The Balaban J connectivity index is 1.71. The van der Waals surface area contributed by atoms with Gasteiger partial charge in [-0.2, -0.15) is 10.2 Å². The Labute approximate surface area is 141 Å². The van der Waals surface area contributed by atoms with Crippen LogP contribution in [0.25, 0.3) is 0 Å². The Morgan fingerprint density at radius 1 is 1.38 bits per heavy atom. The van der Waals surface area contributed by atoms with Crippen molar-refractivity contribution < 1.29 is 13.2 Å². The van der Waals surface area contributed by atoms with E-state index in [-0.39, 0.29) is 17.5 Å². The molecule has 0 aromatic carbocycles. The van der Waals surface area contributed by atoms with Gasteiger partial charge in [0.05, 0.1) is 24.2 Å². The van der Waals surface area contributed by atoms with E-state index >= 15 is 0 Å². The second kappa shape index (κ2) is 7.43. The third kappa shape index (κ3) is 4.21. The summed E-state index contributed by atoms with van der Waals surface area (Å²) >= 11 is 0. The number of nitrogens with zero attached hydrogens (tertiary/aromatic N) is 5. The summed E-state index contributed by atoms with van der Waals surface area (Å²) in [6.07, 6.45) is 6.56. The number of sulfone groups is 1. The molecule has 1 aliphatic heterocycles. The van der Waals surface area contributed by atoms with E-state index in [0.717, 1.165) is 31.0 Å². The van der Waals surface area contributed by atoms with Gasteiger partial charge in [-0.3, -0.25) is 4.68 Å². The van der Waals surface area contributed by atoms with Gasteiger partial charge in [0.1, 0.15) is 5.82 Å². The van der Waals surface area contributed by atoms with Crippen LogP contribution in [0, 0.1) is 0 Å². The van der Waals surface area contributed by atoms with Crippen LogP contribution >= 0.6 is 0 Å². The molecule has 1 fully saturated rings. The fraction of sp³-hybridized carbons (Fsp3) is 0.667. The molecule has 0 amide bonds. The molecular weight excluding hydrogens is 330 g/mol. The van der Waals surface area contributed by atoms with E-state index in [2.05, 4.69) is 15.2 Å². The second-order valence-electron chi connectivity index (χ2n) is 6.06. The summed E-state index contributed by atoms with van der Waals surface area (Å²) in [7, 11) is -1.31. The van der Waals surface area contributed by atoms with Crippen LogP contribution < -0.4 is 0 Å². The van der Waals surface area contributed by atoms with Crippen molar-refractivity contribution in [3.63, 3.8) is 0 Å². The van der Waals surface area contributed by atoms with E-state index in [0.29, 0.717) is 19.4 Å². The fourth-order valence-electron chi connectivity index (χ4n) is 2.97. The van der Waals surface area contributed by atoms with Gasteiger partial charge >= 0.3 is 0 Å². The molecule has 2 aromatic rings. The van der Waals surface area contributed by atoms with E-state index < -0.39 is 9.84 Å². The van der Waals surface area contributed by atoms with Crippen molar-refractivity contribution in [3.05, 3.63) is 30.1 Å². The van der Waals surface area contributed by atoms with Gasteiger partial charge in [0.15, 0.2) is 15.7 Å². The summed E-state index contributed by atoms with van der Waals surface area (Å²) in [5.41, 5.74) is 0. The van der Waals surface area contributed by atoms with E-state index in [4.69, 9.17) is 4.74 Å². The van der Waals surface area contributed by atoms with Crippen molar-refractivity contribution in [1.82, 2.24) is 24.5 Å². The Kier molecular flexibility index (Phi) is 5.30. The molecule has 132 valence electrons. The van der Waals surface area contributed by atoms with Crippen LogP contribution in [-0.4, -0.2) is 58.2 Å². The number of hydrogen-bond donors (Lipinski definition) is 0. The Morgan fingerprint density at radius 3 is 2.92 bits per heavy atom. The van der Waals surface area contributed by atoms with Gasteiger partial charge in [-0.15, -0.1) is 0 Å². The Morgan fingerprint density at radius 2 is 2.25 bits per heavy atom. The zero-order valence-electron chi connectivity index (χ0n) is 13.8. The van der Waals surface area contributed by atoms with Crippen molar-refractivity contribution in [3.8, 4) is 0 Å². The lowest BCUT2D eigenvalue weighted by atomic mass is 10.2. The minimum Gasteiger partial charge on any atom is -0.384 e. The molecule has 2 aromatic heterocycles. The van der Waals surface area contributed by atoms with Crippen LogP contribution in [-0.2, 0) is 34.0 Å². The second-order valence-corrected chi connectivity index (χ2v) is 8.29. The van der Waals surface area contributed by atoms with Crippen molar-refractivity contribution in [2.24, 2.45) is 0 Å². The molecule has 1 saturated heterocycles. The first kappa shape index (κ1) is 17.1. The smallest absolute Gasteiger partial charge is 0.153 e. The number of hydrogen-bond acceptors (Lipinski definition) is 6. The molecule has 0 radical (unpaired) electrons. The molecule has 24 heavy (non-hydrogen) atoms. The Bertz CT molecular complexity index is 754. The molecule has 1 atom stereocenters. The van der Waals surface area contributed by atoms with E-state index in [1.165, 1.54) is 0 Å². The normalized spacial score (nSPS) is 19.8. The van der Waals surface area contributed by atoms with Crippen molar-refractivity contribution in [1.29, 1.82) is 0 Å². The van der Waals surface area contributed by atoms with Gasteiger partial charge in [-0.25, -0.2) is 18.1 Å². The quantitative estimate of drug-likeness (QED) is 0.692. The van der Waals surface area contributed by atoms with Gasteiger partial charge < -0.3 is 4.74 Å². The molecule has 1 aliphatic rings. The van der Waals surface area contributed by atoms with Gasteiger partial charge in [-0.1, -0.05) is 0 Å². The predicted molar refractivity (Wildman–Crippen MR) is 88.5 cm³/mol. The molecule has 9 heteroatoms. The fourth-order valence-corrected chi connectivity index (χ4v) is 4.66. The van der Waals surface area contributed by atoms with Crippen LogP contribution in [0.4, 0.5) is 0 Å². The van der Waals surface area contributed by atoms with E-state index in [9.17, 15) is 8.42 Å². The highest BCUT2D eigenvalue weighted by atomic mass is 32.2. The monoisotopic (exact) mass is 353 g/mol. The number of ether oxygens (including phenoxy) is 1. The highest BCUT2D eigenvalue weighted by Gasteiger charge is 2.31. The topological polar surface area (TPSA) is 91.9 Å². The summed E-state index contributed by atoms with van der Waals surface area (Å²) in [4.78, 5) is 4.61. The Hall–Kier alpha value is -1.74. The van der Waals surface area contributed by atoms with Gasteiger partial charge in [-0.05, 0) is 18.9 Å². The largest absolute Gasteiger partial charge is 0.384 e. The summed E-state index contributed by atoms with van der Waals surface area (Å²) < 4.78 is 32.4. The maximum Gasteiger partial charge on any atom is 0.153 e. The lowest BCUT2D eigenvalue weighted by molar-refractivity contribution is 0.200. The average molecular weight is 353 g/mol. The highest BCUT2D eigenvalue weighted by molar-refractivity contribution is 7.91. The van der Waals surface area contributed by atoms with E-state index in [1.54, 1.807) is 13.3 Å². The highest BCUT2D eigenvalue weighted by Crippen LogP contribution is 2.24. The average Bonchev–Trinajstić information content (AvgIpc) is 3.25. The first-order valence-corrected chi connectivity index (χ1v) is 10.0. The molecule has 3 rings (SSSR count). The molecule has 0 aliphatic carbocycles. The van der Waals surface area contributed by atoms with Crippen LogP contribution in [0.2, 0.25) is 0 Å². The number of rotatable bonds is 8. The third-order valence-electron chi connectivity index (χ3n) is 4.18. The molecule has 0 spiro atoms. The van der Waals surface area contributed by atoms with Crippen LogP contribution in [0.15, 0.2) is 18.5 Å². The van der Waals surface area contributed by atoms with E-state index in [1.807, 2.05) is 21.6 Å². The van der Waals surface area contributed by atoms with Crippen LogP contribution in [0.3, 0.4) is 0 Å². The number of aryl methyl sites for hydroxylation is 2. The molecule has 1 unspecified atom stereocenters. The predicted octanol–water partition coefficient (Wildman–Crippen LogP) is 0.656. The molecule has 0 N–H and O–H groups in total. The van der Waals surface area contributed by atoms with Crippen molar-refractivity contribution in [2.75, 3.05) is 25.2 Å². The lowest BCUT2D eigenvalue weighted by Crippen LogP contribution is -2.16. The molecule has 3 heterocycles. The zero-order chi connectivity index (χ0) is 17.0. The molecular formula is C15H23N5O3S. The summed E-state index contributed by atoms with van der Waals surface area (Å²) in [6.45, 7) is 1.36. The van der Waals surface area contributed by atoms with Gasteiger partial charge in [0, 0.05) is 38.9 Å². The molecule has 0 saturated carbocycles. The minimum atomic E-state index is -2.95. The summed E-state index contributed by atoms with van der Waals surface area (Å²) in [5, 5.41) is 8.74.